The molecule has 6 nitrogen and oxygen atoms in total. The van der Waals surface area contributed by atoms with E-state index in [1.807, 2.05) is 18.2 Å². The summed E-state index contributed by atoms with van der Waals surface area (Å²) in [7, 11) is 0. The molecule has 0 radical (unpaired) electrons. The van der Waals surface area contributed by atoms with Crippen LogP contribution in [0.4, 0.5) is 5.69 Å². The normalized spacial score (nSPS) is 10.1. The number of rotatable bonds is 4. The predicted octanol–water partition coefficient (Wildman–Crippen LogP) is 1.49. The summed E-state index contributed by atoms with van der Waals surface area (Å²) in [4.78, 5) is 22.1. The van der Waals surface area contributed by atoms with Crippen LogP contribution < -0.4 is 5.32 Å². The maximum Gasteiger partial charge on any atom is 0.246 e. The van der Waals surface area contributed by atoms with E-state index in [-0.39, 0.29) is 18.1 Å². The van der Waals surface area contributed by atoms with E-state index in [4.69, 9.17) is 0 Å². The average molecular weight is 309 g/mol. The Kier molecular flexibility index (Phi) is 3.83. The van der Waals surface area contributed by atoms with Gasteiger partial charge in [-0.1, -0.05) is 17.3 Å². The van der Waals surface area contributed by atoms with Crippen molar-refractivity contribution >= 4 is 33.8 Å². The number of para-hydroxylation sites is 1. The first kappa shape index (κ1) is 12.4. The summed E-state index contributed by atoms with van der Waals surface area (Å²) in [6.07, 6.45) is 1.99. The molecule has 0 bridgehead atoms. The molecule has 0 fully saturated rings. The minimum atomic E-state index is -0.246. The molecule has 7 heteroatoms. The van der Waals surface area contributed by atoms with Gasteiger partial charge in [0, 0.05) is 4.47 Å². The number of aromatic nitrogens is 3. The fourth-order valence-corrected chi connectivity index (χ4v) is 1.73. The van der Waals surface area contributed by atoms with Gasteiger partial charge in [0.05, 0.1) is 11.9 Å². The van der Waals surface area contributed by atoms with Crippen LogP contribution in [-0.4, -0.2) is 27.2 Å². The first-order chi connectivity index (χ1) is 8.69. The molecular formula is C11H9BrN4O2. The molecule has 1 aromatic carbocycles. The zero-order valence-electron chi connectivity index (χ0n) is 9.21. The summed E-state index contributed by atoms with van der Waals surface area (Å²) in [5.74, 6) is -0.246. The molecule has 0 aliphatic rings. The highest BCUT2D eigenvalue weighted by molar-refractivity contribution is 9.10. The van der Waals surface area contributed by atoms with Crippen molar-refractivity contribution in [3.05, 3.63) is 40.6 Å². The van der Waals surface area contributed by atoms with E-state index in [2.05, 4.69) is 31.6 Å². The molecule has 1 amide bonds. The molecule has 0 atom stereocenters. The molecule has 92 valence electrons. The largest absolute Gasteiger partial charge is 0.323 e. The minimum Gasteiger partial charge on any atom is -0.323 e. The average Bonchev–Trinajstić information content (AvgIpc) is 2.80. The second kappa shape index (κ2) is 5.54. The van der Waals surface area contributed by atoms with Crippen molar-refractivity contribution in [2.45, 2.75) is 6.54 Å². The monoisotopic (exact) mass is 308 g/mol. The number of benzene rings is 1. The van der Waals surface area contributed by atoms with Crippen LogP contribution in [-0.2, 0) is 11.3 Å². The number of amides is 1. The molecule has 1 aromatic heterocycles. The number of carbonyl (C=O) groups is 2. The van der Waals surface area contributed by atoms with Crippen molar-refractivity contribution in [1.82, 2.24) is 15.0 Å². The molecule has 1 N–H and O–H groups in total. The third-order valence-electron chi connectivity index (χ3n) is 2.13. The van der Waals surface area contributed by atoms with Gasteiger partial charge in [0.2, 0.25) is 5.91 Å². The standard InChI is InChI=1S/C11H9BrN4O2/c12-9-3-1-2-4-10(9)13-11(18)6-16-5-8(7-17)14-15-16/h1-5,7H,6H2,(H,13,18). The lowest BCUT2D eigenvalue weighted by molar-refractivity contribution is -0.116. The van der Waals surface area contributed by atoms with E-state index in [1.165, 1.54) is 10.9 Å². The summed E-state index contributed by atoms with van der Waals surface area (Å²) in [5, 5.41) is 9.95. The number of aldehydes is 1. The molecule has 0 saturated carbocycles. The van der Waals surface area contributed by atoms with Gasteiger partial charge in [0.1, 0.15) is 12.2 Å². The Balaban J connectivity index is 2.01. The number of carbonyl (C=O) groups excluding carboxylic acids is 2. The number of anilines is 1. The fourth-order valence-electron chi connectivity index (χ4n) is 1.34. The van der Waals surface area contributed by atoms with Crippen molar-refractivity contribution in [2.75, 3.05) is 5.32 Å². The number of nitrogens with one attached hydrogen (secondary N) is 1. The quantitative estimate of drug-likeness (QED) is 0.868. The van der Waals surface area contributed by atoms with Crippen LogP contribution in [0.25, 0.3) is 0 Å². The van der Waals surface area contributed by atoms with Gasteiger partial charge in [-0.15, -0.1) is 5.10 Å². The van der Waals surface area contributed by atoms with Crippen molar-refractivity contribution in [3.8, 4) is 0 Å². The summed E-state index contributed by atoms with van der Waals surface area (Å²) in [5.41, 5.74) is 0.877. The molecule has 0 spiro atoms. The van der Waals surface area contributed by atoms with E-state index in [9.17, 15) is 9.59 Å². The van der Waals surface area contributed by atoms with Crippen LogP contribution >= 0.6 is 15.9 Å². The smallest absolute Gasteiger partial charge is 0.246 e. The lowest BCUT2D eigenvalue weighted by Gasteiger charge is -2.06. The van der Waals surface area contributed by atoms with Crippen molar-refractivity contribution in [2.24, 2.45) is 0 Å². The van der Waals surface area contributed by atoms with Gasteiger partial charge < -0.3 is 5.32 Å². The highest BCUT2D eigenvalue weighted by atomic mass is 79.9. The lowest BCUT2D eigenvalue weighted by Crippen LogP contribution is -2.19. The Morgan fingerprint density at radius 3 is 2.89 bits per heavy atom. The van der Waals surface area contributed by atoms with Gasteiger partial charge in [-0.2, -0.15) is 0 Å². The summed E-state index contributed by atoms with van der Waals surface area (Å²) in [6, 6.07) is 7.28. The molecular weight excluding hydrogens is 300 g/mol. The Hall–Kier alpha value is -2.02. The van der Waals surface area contributed by atoms with Crippen LogP contribution in [0.2, 0.25) is 0 Å². The van der Waals surface area contributed by atoms with Crippen LogP contribution in [0.15, 0.2) is 34.9 Å². The molecule has 1 heterocycles. The van der Waals surface area contributed by atoms with E-state index < -0.39 is 0 Å². The molecule has 0 unspecified atom stereocenters. The third-order valence-corrected chi connectivity index (χ3v) is 2.82. The minimum absolute atomic E-state index is 0.00216. The molecule has 0 aliphatic carbocycles. The third kappa shape index (κ3) is 3.01. The number of halogens is 1. The van der Waals surface area contributed by atoms with Gasteiger partial charge in [-0.05, 0) is 28.1 Å². The van der Waals surface area contributed by atoms with E-state index >= 15 is 0 Å². The fraction of sp³-hybridized carbons (Fsp3) is 0.0909. The number of hydrogen-bond donors (Lipinski definition) is 1. The Labute approximate surface area is 111 Å². The zero-order valence-corrected chi connectivity index (χ0v) is 10.8. The maximum absolute atomic E-state index is 11.7. The first-order valence-electron chi connectivity index (χ1n) is 5.09. The van der Waals surface area contributed by atoms with E-state index in [0.717, 1.165) is 4.47 Å². The van der Waals surface area contributed by atoms with Gasteiger partial charge >= 0.3 is 0 Å². The lowest BCUT2D eigenvalue weighted by atomic mass is 10.3. The van der Waals surface area contributed by atoms with E-state index in [0.29, 0.717) is 12.0 Å². The molecule has 2 aromatic rings. The van der Waals surface area contributed by atoms with Crippen LogP contribution in [0.5, 0.6) is 0 Å². The van der Waals surface area contributed by atoms with Gasteiger partial charge in [0.15, 0.2) is 6.29 Å². The van der Waals surface area contributed by atoms with E-state index in [1.54, 1.807) is 6.07 Å². The Morgan fingerprint density at radius 1 is 1.44 bits per heavy atom. The van der Waals surface area contributed by atoms with Crippen molar-refractivity contribution < 1.29 is 9.59 Å². The van der Waals surface area contributed by atoms with Gasteiger partial charge in [0.25, 0.3) is 0 Å². The second-order valence-corrected chi connectivity index (χ2v) is 4.34. The Morgan fingerprint density at radius 2 is 2.22 bits per heavy atom. The van der Waals surface area contributed by atoms with Crippen LogP contribution in [0, 0.1) is 0 Å². The van der Waals surface area contributed by atoms with Gasteiger partial charge in [-0.3, -0.25) is 9.59 Å². The predicted molar refractivity (Wildman–Crippen MR) is 68.2 cm³/mol. The van der Waals surface area contributed by atoms with Crippen LogP contribution in [0.1, 0.15) is 10.5 Å². The molecule has 0 aliphatic heterocycles. The van der Waals surface area contributed by atoms with Crippen molar-refractivity contribution in [1.29, 1.82) is 0 Å². The summed E-state index contributed by atoms with van der Waals surface area (Å²) >= 11 is 3.33. The van der Waals surface area contributed by atoms with Crippen LogP contribution in [0.3, 0.4) is 0 Å². The topological polar surface area (TPSA) is 76.9 Å². The highest BCUT2D eigenvalue weighted by Crippen LogP contribution is 2.20. The first-order valence-corrected chi connectivity index (χ1v) is 5.88. The zero-order chi connectivity index (χ0) is 13.0. The highest BCUT2D eigenvalue weighted by Gasteiger charge is 2.07. The second-order valence-electron chi connectivity index (χ2n) is 3.49. The maximum atomic E-state index is 11.7. The summed E-state index contributed by atoms with van der Waals surface area (Å²) in [6.45, 7) is 0.00216. The molecule has 2 rings (SSSR count). The number of nitrogens with zero attached hydrogens (tertiary/aromatic N) is 3. The Bertz CT molecular complexity index is 582. The summed E-state index contributed by atoms with van der Waals surface area (Å²) < 4.78 is 2.10. The molecule has 0 saturated heterocycles. The number of hydrogen-bond acceptors (Lipinski definition) is 4. The van der Waals surface area contributed by atoms with Gasteiger partial charge in [-0.25, -0.2) is 4.68 Å². The SMILES string of the molecule is O=Cc1cn(CC(=O)Nc2ccccc2Br)nn1. The van der Waals surface area contributed by atoms with Crippen molar-refractivity contribution in [3.63, 3.8) is 0 Å². The molecule has 18 heavy (non-hydrogen) atoms.